The van der Waals surface area contributed by atoms with Gasteiger partial charge in [-0.3, -0.25) is 5.10 Å². The molecule has 0 atom stereocenters. The fourth-order valence-electron chi connectivity index (χ4n) is 3.01. The van der Waals surface area contributed by atoms with Crippen LogP contribution in [-0.2, 0) is 0 Å². The van der Waals surface area contributed by atoms with Gasteiger partial charge in [-0.1, -0.05) is 36.4 Å². The van der Waals surface area contributed by atoms with Crippen molar-refractivity contribution in [3.63, 3.8) is 0 Å². The van der Waals surface area contributed by atoms with Gasteiger partial charge in [-0.25, -0.2) is 0 Å². The average Bonchev–Trinajstić information content (AvgIpc) is 3.04. The van der Waals surface area contributed by atoms with Gasteiger partial charge in [0.1, 0.15) is 0 Å². The normalized spacial score (nSPS) is 15.6. The first-order valence-electron chi connectivity index (χ1n) is 8.07. The molecule has 1 fully saturated rings. The Bertz CT molecular complexity index is 811. The summed E-state index contributed by atoms with van der Waals surface area (Å²) in [6, 6.07) is 16.9. The Morgan fingerprint density at radius 2 is 1.70 bits per heavy atom. The van der Waals surface area contributed by atoms with E-state index in [-0.39, 0.29) is 0 Å². The van der Waals surface area contributed by atoms with Gasteiger partial charge >= 0.3 is 0 Å². The molecule has 4 nitrogen and oxygen atoms in total. The molecule has 0 unspecified atom stereocenters. The first-order chi connectivity index (χ1) is 11.4. The number of H-pyrrole nitrogens is 1. The lowest BCUT2D eigenvalue weighted by Crippen LogP contribution is -2.43. The van der Waals surface area contributed by atoms with Gasteiger partial charge in [0, 0.05) is 37.3 Å². The summed E-state index contributed by atoms with van der Waals surface area (Å²) >= 11 is 0. The second kappa shape index (κ2) is 6.26. The molecule has 23 heavy (non-hydrogen) atoms. The number of fused-ring (bicyclic) bond motifs is 1. The second-order valence-electron chi connectivity index (χ2n) is 5.82. The van der Waals surface area contributed by atoms with Crippen molar-refractivity contribution in [2.75, 3.05) is 31.1 Å². The number of hydrogen-bond donors (Lipinski definition) is 2. The Balaban J connectivity index is 1.52. The highest BCUT2D eigenvalue weighted by Crippen LogP contribution is 2.19. The standard InChI is InChI=1S/C19H20N4/c1-2-4-18-17(3-1)19(22-21-18)10-7-15-5-8-16(9-6-15)23-13-11-20-12-14-23/h1-10,20H,11-14H2,(H,21,22). The van der Waals surface area contributed by atoms with E-state index in [0.717, 1.165) is 42.8 Å². The van der Waals surface area contributed by atoms with Crippen molar-refractivity contribution in [2.24, 2.45) is 0 Å². The molecule has 4 rings (SSSR count). The van der Waals surface area contributed by atoms with Crippen LogP contribution in [0.25, 0.3) is 23.1 Å². The van der Waals surface area contributed by atoms with E-state index in [9.17, 15) is 0 Å². The van der Waals surface area contributed by atoms with Gasteiger partial charge in [-0.15, -0.1) is 0 Å². The number of hydrogen-bond acceptors (Lipinski definition) is 3. The number of anilines is 1. The van der Waals surface area contributed by atoms with Crippen molar-refractivity contribution >= 4 is 28.7 Å². The number of para-hydroxylation sites is 1. The maximum Gasteiger partial charge on any atom is 0.0927 e. The van der Waals surface area contributed by atoms with E-state index < -0.39 is 0 Å². The molecule has 116 valence electrons. The number of nitrogens with one attached hydrogen (secondary N) is 2. The summed E-state index contributed by atoms with van der Waals surface area (Å²) in [5, 5.41) is 12.0. The molecule has 1 saturated heterocycles. The van der Waals surface area contributed by atoms with Gasteiger partial charge in [-0.05, 0) is 29.8 Å². The topological polar surface area (TPSA) is 44.0 Å². The van der Waals surface area contributed by atoms with Gasteiger partial charge in [-0.2, -0.15) is 5.10 Å². The Morgan fingerprint density at radius 3 is 2.52 bits per heavy atom. The van der Waals surface area contributed by atoms with Crippen LogP contribution in [0.2, 0.25) is 0 Å². The van der Waals surface area contributed by atoms with Crippen LogP contribution in [-0.4, -0.2) is 36.4 Å². The Hall–Kier alpha value is -2.59. The molecular weight excluding hydrogens is 284 g/mol. The molecule has 0 radical (unpaired) electrons. The molecule has 3 aromatic rings. The van der Waals surface area contributed by atoms with Crippen molar-refractivity contribution in [2.45, 2.75) is 0 Å². The highest BCUT2D eigenvalue weighted by molar-refractivity contribution is 5.89. The van der Waals surface area contributed by atoms with Crippen LogP contribution < -0.4 is 10.2 Å². The molecule has 2 aromatic carbocycles. The third kappa shape index (κ3) is 2.98. The summed E-state index contributed by atoms with van der Waals surface area (Å²) in [4.78, 5) is 2.42. The minimum Gasteiger partial charge on any atom is -0.369 e. The van der Waals surface area contributed by atoms with Gasteiger partial charge < -0.3 is 10.2 Å². The highest BCUT2D eigenvalue weighted by Gasteiger charge is 2.09. The van der Waals surface area contributed by atoms with Crippen LogP contribution in [0.5, 0.6) is 0 Å². The second-order valence-corrected chi connectivity index (χ2v) is 5.82. The lowest BCUT2D eigenvalue weighted by molar-refractivity contribution is 0.589. The van der Waals surface area contributed by atoms with Gasteiger partial charge in [0.05, 0.1) is 11.2 Å². The SMILES string of the molecule is C(=Cc1n[nH]c2ccccc12)c1ccc(N2CCNCC2)cc1. The van der Waals surface area contributed by atoms with Crippen LogP contribution in [0.4, 0.5) is 5.69 Å². The molecule has 2 heterocycles. The Kier molecular flexibility index (Phi) is 3.82. The molecule has 1 aromatic heterocycles. The number of aromatic amines is 1. The van der Waals surface area contributed by atoms with E-state index in [0.29, 0.717) is 0 Å². The van der Waals surface area contributed by atoms with Gasteiger partial charge in [0.25, 0.3) is 0 Å². The minimum absolute atomic E-state index is 0.979. The monoisotopic (exact) mass is 304 g/mol. The maximum atomic E-state index is 4.37. The number of nitrogens with zero attached hydrogens (tertiary/aromatic N) is 2. The van der Waals surface area contributed by atoms with Crippen molar-refractivity contribution < 1.29 is 0 Å². The highest BCUT2D eigenvalue weighted by atomic mass is 15.2. The third-order valence-corrected chi connectivity index (χ3v) is 4.31. The first-order valence-corrected chi connectivity index (χ1v) is 8.07. The number of aromatic nitrogens is 2. The van der Waals surface area contributed by atoms with Crippen molar-refractivity contribution in [3.8, 4) is 0 Å². The molecule has 0 spiro atoms. The molecule has 0 aliphatic carbocycles. The van der Waals surface area contributed by atoms with Crippen molar-refractivity contribution in [1.82, 2.24) is 15.5 Å². The van der Waals surface area contributed by atoms with Crippen LogP contribution in [0.1, 0.15) is 11.3 Å². The molecule has 1 aliphatic heterocycles. The van der Waals surface area contributed by atoms with E-state index in [2.05, 4.69) is 62.9 Å². The van der Waals surface area contributed by atoms with Gasteiger partial charge in [0.2, 0.25) is 0 Å². The lowest BCUT2D eigenvalue weighted by atomic mass is 10.1. The molecule has 1 aliphatic rings. The molecule has 0 bridgehead atoms. The van der Waals surface area contributed by atoms with Crippen molar-refractivity contribution in [3.05, 3.63) is 59.8 Å². The third-order valence-electron chi connectivity index (χ3n) is 4.31. The zero-order chi connectivity index (χ0) is 15.5. The number of rotatable bonds is 3. The lowest BCUT2D eigenvalue weighted by Gasteiger charge is -2.29. The maximum absolute atomic E-state index is 4.37. The van der Waals surface area contributed by atoms with E-state index in [1.54, 1.807) is 0 Å². The molecular formula is C19H20N4. The number of benzene rings is 2. The summed E-state index contributed by atoms with van der Waals surface area (Å²) in [5.41, 5.74) is 4.54. The summed E-state index contributed by atoms with van der Waals surface area (Å²) in [5.74, 6) is 0. The fourth-order valence-corrected chi connectivity index (χ4v) is 3.01. The van der Waals surface area contributed by atoms with Gasteiger partial charge in [0.15, 0.2) is 0 Å². The van der Waals surface area contributed by atoms with E-state index >= 15 is 0 Å². The van der Waals surface area contributed by atoms with Crippen LogP contribution >= 0.6 is 0 Å². The van der Waals surface area contributed by atoms with E-state index in [1.165, 1.54) is 11.3 Å². The van der Waals surface area contributed by atoms with E-state index in [1.807, 2.05) is 18.2 Å². The Labute approximate surface area is 135 Å². The smallest absolute Gasteiger partial charge is 0.0927 e. The first kappa shape index (κ1) is 14.0. The molecule has 0 saturated carbocycles. The van der Waals surface area contributed by atoms with Crippen molar-refractivity contribution in [1.29, 1.82) is 0 Å². The van der Waals surface area contributed by atoms with E-state index in [4.69, 9.17) is 0 Å². The summed E-state index contributed by atoms with van der Waals surface area (Å²) in [6.07, 6.45) is 4.18. The molecule has 4 heteroatoms. The zero-order valence-electron chi connectivity index (χ0n) is 13.0. The summed E-state index contributed by atoms with van der Waals surface area (Å²) in [6.45, 7) is 4.28. The molecule has 2 N–H and O–H groups in total. The predicted octanol–water partition coefficient (Wildman–Crippen LogP) is 3.14. The average molecular weight is 304 g/mol. The predicted molar refractivity (Wildman–Crippen MR) is 96.5 cm³/mol. The zero-order valence-corrected chi connectivity index (χ0v) is 13.0. The Morgan fingerprint density at radius 1 is 0.913 bits per heavy atom. The summed E-state index contributed by atoms with van der Waals surface area (Å²) < 4.78 is 0. The number of piperazine rings is 1. The largest absolute Gasteiger partial charge is 0.369 e. The van der Waals surface area contributed by atoms with Crippen LogP contribution in [0.15, 0.2) is 48.5 Å². The minimum atomic E-state index is 0.979. The summed E-state index contributed by atoms with van der Waals surface area (Å²) in [7, 11) is 0. The molecule has 0 amide bonds. The van der Waals surface area contributed by atoms with Crippen LogP contribution in [0.3, 0.4) is 0 Å². The fraction of sp³-hybridized carbons (Fsp3) is 0.211. The quantitative estimate of drug-likeness (QED) is 0.781. The van der Waals surface area contributed by atoms with Crippen LogP contribution in [0, 0.1) is 0 Å².